The first-order valence-electron chi connectivity index (χ1n) is 7.90. The van der Waals surface area contributed by atoms with E-state index in [4.69, 9.17) is 4.74 Å². The van der Waals surface area contributed by atoms with Crippen molar-refractivity contribution >= 4 is 11.8 Å². The van der Waals surface area contributed by atoms with Crippen LogP contribution in [0.25, 0.3) is 0 Å². The van der Waals surface area contributed by atoms with E-state index >= 15 is 0 Å². The van der Waals surface area contributed by atoms with Gasteiger partial charge >= 0.3 is 5.97 Å². The molecule has 0 bridgehead atoms. The van der Waals surface area contributed by atoms with Crippen LogP contribution in [0.2, 0.25) is 0 Å². The molecule has 1 unspecified atom stereocenters. The molecule has 0 aromatic heterocycles. The molecule has 22 heavy (non-hydrogen) atoms. The maximum absolute atomic E-state index is 12.9. The highest BCUT2D eigenvalue weighted by Crippen LogP contribution is 2.26. The number of aryl methyl sites for hydroxylation is 1. The van der Waals surface area contributed by atoms with Crippen LogP contribution in [0.1, 0.15) is 60.3 Å². The number of ether oxygens (including phenoxy) is 1. The lowest BCUT2D eigenvalue weighted by atomic mass is 9.83. The molecule has 3 heteroatoms. The van der Waals surface area contributed by atoms with Crippen molar-refractivity contribution in [2.45, 2.75) is 61.5 Å². The van der Waals surface area contributed by atoms with Crippen molar-refractivity contribution in [2.24, 2.45) is 11.8 Å². The fourth-order valence-electron chi connectivity index (χ4n) is 2.62. The van der Waals surface area contributed by atoms with Crippen molar-refractivity contribution in [3.8, 4) is 0 Å². The predicted molar refractivity (Wildman–Crippen MR) is 89.3 cm³/mol. The molecule has 3 nitrogen and oxygen atoms in total. The summed E-state index contributed by atoms with van der Waals surface area (Å²) < 4.78 is 5.28. The predicted octanol–water partition coefficient (Wildman–Crippen LogP) is 4.33. The van der Waals surface area contributed by atoms with Crippen molar-refractivity contribution < 1.29 is 14.3 Å². The number of esters is 1. The Morgan fingerprint density at radius 3 is 1.91 bits per heavy atom. The lowest BCUT2D eigenvalue weighted by molar-refractivity contribution is -0.151. The highest BCUT2D eigenvalue weighted by molar-refractivity contribution is 6.10. The number of hydrogen-bond acceptors (Lipinski definition) is 3. The molecule has 1 aromatic rings. The number of hydrogen-bond donors (Lipinski definition) is 0. The van der Waals surface area contributed by atoms with Crippen LogP contribution in [0.5, 0.6) is 0 Å². The Balaban J connectivity index is 3.30. The van der Waals surface area contributed by atoms with E-state index in [2.05, 4.69) is 6.92 Å². The van der Waals surface area contributed by atoms with Crippen molar-refractivity contribution in [1.29, 1.82) is 0 Å². The van der Waals surface area contributed by atoms with Crippen LogP contribution in [-0.2, 0) is 9.53 Å². The molecule has 0 fully saturated rings. The molecule has 1 atom stereocenters. The molecule has 0 saturated carbocycles. The van der Waals surface area contributed by atoms with E-state index in [0.717, 1.165) is 16.7 Å². The molecule has 0 aliphatic rings. The summed E-state index contributed by atoms with van der Waals surface area (Å²) in [5, 5.41) is 0. The van der Waals surface area contributed by atoms with Gasteiger partial charge in [0.25, 0.3) is 0 Å². The summed E-state index contributed by atoms with van der Waals surface area (Å²) >= 11 is 0. The summed E-state index contributed by atoms with van der Waals surface area (Å²) in [5.74, 6) is -1.41. The minimum Gasteiger partial charge on any atom is -0.462 e. The summed E-state index contributed by atoms with van der Waals surface area (Å²) in [6, 6.07) is 1.90. The fourth-order valence-corrected chi connectivity index (χ4v) is 2.62. The van der Waals surface area contributed by atoms with Crippen molar-refractivity contribution in [3.63, 3.8) is 0 Å². The van der Waals surface area contributed by atoms with Gasteiger partial charge in [0.2, 0.25) is 0 Å². The second kappa shape index (κ2) is 7.08. The van der Waals surface area contributed by atoms with Gasteiger partial charge in [-0.15, -0.1) is 0 Å². The molecule has 0 radical (unpaired) electrons. The number of Topliss-reactive ketones (excluding diaryl/α,β-unsaturated/α-hetero) is 1. The lowest BCUT2D eigenvalue weighted by Crippen LogP contribution is -2.32. The Labute approximate surface area is 134 Å². The van der Waals surface area contributed by atoms with Gasteiger partial charge in [-0.25, -0.2) is 0 Å². The SMILES string of the molecule is Cc1cc(C(=O)C(C(=O)OC(C)C)C(C)C)c(C)c(C)c1C. The largest absolute Gasteiger partial charge is 0.462 e. The van der Waals surface area contributed by atoms with Crippen LogP contribution in [0.3, 0.4) is 0 Å². The molecule has 0 spiro atoms. The van der Waals surface area contributed by atoms with Gasteiger partial charge in [0.05, 0.1) is 6.10 Å². The van der Waals surface area contributed by atoms with E-state index in [-0.39, 0.29) is 17.8 Å². The van der Waals surface area contributed by atoms with Gasteiger partial charge < -0.3 is 4.74 Å². The molecular weight excluding hydrogens is 276 g/mol. The minimum absolute atomic E-state index is 0.0972. The zero-order valence-electron chi connectivity index (χ0n) is 15.0. The Hall–Kier alpha value is -1.64. The van der Waals surface area contributed by atoms with Gasteiger partial charge in [-0.2, -0.15) is 0 Å². The number of benzene rings is 1. The standard InChI is InChI=1S/C19H28O3/c1-10(2)17(19(21)22-11(3)4)18(20)16-9-12(5)13(6)14(7)15(16)8/h9-11,17H,1-8H3. The molecule has 0 N–H and O–H groups in total. The van der Waals surface area contributed by atoms with Gasteiger partial charge in [0.15, 0.2) is 5.78 Å². The highest BCUT2D eigenvalue weighted by atomic mass is 16.5. The molecule has 0 heterocycles. The molecule has 0 saturated heterocycles. The molecule has 0 aliphatic carbocycles. The smallest absolute Gasteiger partial charge is 0.317 e. The molecule has 1 aromatic carbocycles. The second-order valence-corrected chi connectivity index (χ2v) is 6.69. The Bertz CT molecular complexity index is 583. The molecule has 0 aliphatic heterocycles. The van der Waals surface area contributed by atoms with Gasteiger partial charge in [-0.1, -0.05) is 13.8 Å². The molecule has 1 rings (SSSR count). The van der Waals surface area contributed by atoms with Gasteiger partial charge in [-0.05, 0) is 75.8 Å². The average Bonchev–Trinajstić information content (AvgIpc) is 2.39. The van der Waals surface area contributed by atoms with Gasteiger partial charge in [-0.3, -0.25) is 9.59 Å². The zero-order valence-corrected chi connectivity index (χ0v) is 15.0. The Morgan fingerprint density at radius 2 is 1.45 bits per heavy atom. The zero-order chi connectivity index (χ0) is 17.2. The Kier molecular flexibility index (Phi) is 5.92. The maximum atomic E-state index is 12.9. The van der Waals surface area contributed by atoms with Crippen LogP contribution in [-0.4, -0.2) is 17.9 Å². The van der Waals surface area contributed by atoms with E-state index in [1.807, 2.05) is 40.7 Å². The quantitative estimate of drug-likeness (QED) is 0.462. The van der Waals surface area contributed by atoms with Gasteiger partial charge in [0, 0.05) is 5.56 Å². The monoisotopic (exact) mass is 304 g/mol. The topological polar surface area (TPSA) is 43.4 Å². The first-order valence-corrected chi connectivity index (χ1v) is 7.90. The first kappa shape index (κ1) is 18.4. The first-order chi connectivity index (χ1) is 10.1. The normalized spacial score (nSPS) is 12.6. The second-order valence-electron chi connectivity index (χ2n) is 6.69. The number of carbonyl (C=O) groups is 2. The molecule has 122 valence electrons. The van der Waals surface area contributed by atoms with Crippen molar-refractivity contribution in [1.82, 2.24) is 0 Å². The maximum Gasteiger partial charge on any atom is 0.317 e. The van der Waals surface area contributed by atoms with E-state index < -0.39 is 11.9 Å². The third-order valence-electron chi connectivity index (χ3n) is 4.30. The lowest BCUT2D eigenvalue weighted by Gasteiger charge is -2.22. The third-order valence-corrected chi connectivity index (χ3v) is 4.30. The van der Waals surface area contributed by atoms with Crippen molar-refractivity contribution in [3.05, 3.63) is 33.9 Å². The number of rotatable bonds is 5. The minimum atomic E-state index is -0.748. The summed E-state index contributed by atoms with van der Waals surface area (Å²) in [7, 11) is 0. The average molecular weight is 304 g/mol. The summed E-state index contributed by atoms with van der Waals surface area (Å²) in [5.41, 5.74) is 4.98. The number of ketones is 1. The van der Waals surface area contributed by atoms with E-state index in [0.29, 0.717) is 5.56 Å². The van der Waals surface area contributed by atoms with Crippen molar-refractivity contribution in [2.75, 3.05) is 0 Å². The third kappa shape index (κ3) is 3.76. The highest BCUT2D eigenvalue weighted by Gasteiger charge is 2.33. The van der Waals surface area contributed by atoms with Gasteiger partial charge in [0.1, 0.15) is 5.92 Å². The molecule has 0 amide bonds. The van der Waals surface area contributed by atoms with Crippen LogP contribution in [0.4, 0.5) is 0 Å². The van der Waals surface area contributed by atoms with Crippen LogP contribution >= 0.6 is 0 Å². The van der Waals surface area contributed by atoms with Crippen LogP contribution in [0.15, 0.2) is 6.07 Å². The fraction of sp³-hybridized carbons (Fsp3) is 0.579. The van der Waals surface area contributed by atoms with Crippen LogP contribution < -0.4 is 0 Å². The Morgan fingerprint density at radius 1 is 0.909 bits per heavy atom. The summed E-state index contributed by atoms with van der Waals surface area (Å²) in [6.45, 7) is 15.4. The summed E-state index contributed by atoms with van der Waals surface area (Å²) in [6.07, 6.45) is -0.218. The summed E-state index contributed by atoms with van der Waals surface area (Å²) in [4.78, 5) is 25.3. The van der Waals surface area contributed by atoms with E-state index in [1.165, 1.54) is 5.56 Å². The molecular formula is C19H28O3. The van der Waals surface area contributed by atoms with E-state index in [1.54, 1.807) is 13.8 Å². The van der Waals surface area contributed by atoms with Crippen LogP contribution in [0, 0.1) is 39.5 Å². The number of carbonyl (C=O) groups excluding carboxylic acids is 2. The van der Waals surface area contributed by atoms with E-state index in [9.17, 15) is 9.59 Å².